The first-order valence-electron chi connectivity index (χ1n) is 19.0. The normalized spacial score (nSPS) is 12.0. The van der Waals surface area contributed by atoms with Crippen molar-refractivity contribution < 1.29 is 0 Å². The Labute approximate surface area is 326 Å². The molecule has 0 amide bonds. The molecule has 0 spiro atoms. The van der Waals surface area contributed by atoms with Crippen LogP contribution in [0.3, 0.4) is 0 Å². The predicted molar refractivity (Wildman–Crippen MR) is 240 cm³/mol. The fourth-order valence-electron chi connectivity index (χ4n) is 8.16. The van der Waals surface area contributed by atoms with Crippen LogP contribution in [-0.4, -0.2) is 10.7 Å². The lowest BCUT2D eigenvalue weighted by molar-refractivity contribution is 1.44. The molecule has 9 aromatic carbocycles. The topological polar surface area (TPSA) is 25.2 Å². The molecular weight excluding hydrogens is 677 g/mol. The maximum absolute atomic E-state index is 5.54. The fraction of sp³-hybridized carbons (Fsp3) is 0. The molecule has 0 fully saturated rings. The highest BCUT2D eigenvalue weighted by Crippen LogP contribution is 2.41. The minimum absolute atomic E-state index is 0.899. The molecule has 0 N–H and O–H groups in total. The largest absolute Gasteiger partial charge is 0.247 e. The third-order valence-electron chi connectivity index (χ3n) is 10.8. The van der Waals surface area contributed by atoms with E-state index in [2.05, 4.69) is 189 Å². The Morgan fingerprint density at radius 3 is 1.96 bits per heavy atom. The monoisotopic (exact) mass is 712 g/mol. The number of allylic oxidation sites excluding steroid dienone is 2. The molecule has 0 aliphatic rings. The smallest absolute Gasteiger partial charge is 0.0794 e. The molecule has 0 saturated carbocycles. The van der Waals surface area contributed by atoms with Crippen molar-refractivity contribution in [3.05, 3.63) is 223 Å². The molecule has 2 nitrogen and oxygen atoms in total. The molecule has 2 heteroatoms. The van der Waals surface area contributed by atoms with Crippen LogP contribution in [0.15, 0.2) is 212 Å². The van der Waals surface area contributed by atoms with E-state index in [-0.39, 0.29) is 0 Å². The molecule has 0 saturated heterocycles. The van der Waals surface area contributed by atoms with Gasteiger partial charge in [-0.2, -0.15) is 0 Å². The van der Waals surface area contributed by atoms with Crippen LogP contribution in [0.1, 0.15) is 16.7 Å². The minimum Gasteiger partial charge on any atom is -0.247 e. The quantitative estimate of drug-likeness (QED) is 0.0917. The second-order valence-electron chi connectivity index (χ2n) is 14.2. The van der Waals surface area contributed by atoms with Crippen LogP contribution < -0.4 is 0 Å². The summed E-state index contributed by atoms with van der Waals surface area (Å²) in [4.78, 5) is 10.9. The number of rotatable bonds is 7. The van der Waals surface area contributed by atoms with Crippen LogP contribution in [0, 0.1) is 0 Å². The van der Waals surface area contributed by atoms with Gasteiger partial charge in [0.05, 0.1) is 22.6 Å². The summed E-state index contributed by atoms with van der Waals surface area (Å²) in [7, 11) is 0. The Balaban J connectivity index is 1.21. The molecule has 1 aromatic heterocycles. The maximum atomic E-state index is 5.54. The minimum atomic E-state index is 0.899. The first kappa shape index (κ1) is 33.2. The number of pyridine rings is 1. The summed E-state index contributed by atoms with van der Waals surface area (Å²) < 4.78 is 0. The molecule has 10 rings (SSSR count). The van der Waals surface area contributed by atoms with Gasteiger partial charge in [0.25, 0.3) is 0 Å². The van der Waals surface area contributed by atoms with Gasteiger partial charge in [0, 0.05) is 43.8 Å². The molecule has 0 aliphatic carbocycles. The van der Waals surface area contributed by atoms with Crippen molar-refractivity contribution in [3.8, 4) is 22.4 Å². The second kappa shape index (κ2) is 14.1. The van der Waals surface area contributed by atoms with E-state index >= 15 is 0 Å². The van der Waals surface area contributed by atoms with Crippen LogP contribution in [0.25, 0.3) is 82.5 Å². The van der Waals surface area contributed by atoms with E-state index in [9.17, 15) is 0 Å². The predicted octanol–water partition coefficient (Wildman–Crippen LogP) is 14.5. The van der Waals surface area contributed by atoms with Gasteiger partial charge in [-0.15, -0.1) is 0 Å². The van der Waals surface area contributed by atoms with E-state index in [1.54, 1.807) is 6.08 Å². The molecule has 56 heavy (non-hydrogen) atoms. The highest BCUT2D eigenvalue weighted by Gasteiger charge is 2.18. The lowest BCUT2D eigenvalue weighted by Gasteiger charge is -2.16. The van der Waals surface area contributed by atoms with E-state index in [0.717, 1.165) is 72.1 Å². The first-order chi connectivity index (χ1) is 27.7. The molecule has 1 heterocycles. The van der Waals surface area contributed by atoms with Crippen LogP contribution in [-0.2, 0) is 0 Å². The molecule has 0 bridgehead atoms. The van der Waals surface area contributed by atoms with Gasteiger partial charge in [0.1, 0.15) is 0 Å². The van der Waals surface area contributed by atoms with E-state index in [0.29, 0.717) is 0 Å². The van der Waals surface area contributed by atoms with E-state index < -0.39 is 0 Å². The van der Waals surface area contributed by atoms with E-state index in [1.165, 1.54) is 32.3 Å². The number of hydrogen-bond acceptors (Lipinski definition) is 2. The van der Waals surface area contributed by atoms with Crippen molar-refractivity contribution in [1.82, 2.24) is 4.98 Å². The Morgan fingerprint density at radius 2 is 1.14 bits per heavy atom. The lowest BCUT2D eigenvalue weighted by atomic mass is 9.90. The van der Waals surface area contributed by atoms with Gasteiger partial charge >= 0.3 is 0 Å². The van der Waals surface area contributed by atoms with Crippen LogP contribution >= 0.6 is 0 Å². The van der Waals surface area contributed by atoms with Gasteiger partial charge in [-0.25, -0.2) is 9.98 Å². The van der Waals surface area contributed by atoms with Crippen LogP contribution in [0.4, 0.5) is 5.69 Å². The molecule has 262 valence electrons. The number of nitrogens with zero attached hydrogens (tertiary/aromatic N) is 2. The lowest BCUT2D eigenvalue weighted by Crippen LogP contribution is -2.04. The van der Waals surface area contributed by atoms with Crippen molar-refractivity contribution in [2.45, 2.75) is 0 Å². The highest BCUT2D eigenvalue weighted by molar-refractivity contribution is 6.26. The Morgan fingerprint density at radius 1 is 0.482 bits per heavy atom. The summed E-state index contributed by atoms with van der Waals surface area (Å²) in [6.45, 7) is 3.88. The summed E-state index contributed by atoms with van der Waals surface area (Å²) >= 11 is 0. The van der Waals surface area contributed by atoms with E-state index in [4.69, 9.17) is 9.98 Å². The van der Waals surface area contributed by atoms with Crippen molar-refractivity contribution >= 4 is 71.5 Å². The van der Waals surface area contributed by atoms with Crippen LogP contribution in [0.2, 0.25) is 0 Å². The van der Waals surface area contributed by atoms with Gasteiger partial charge in [-0.1, -0.05) is 189 Å². The van der Waals surface area contributed by atoms with Gasteiger partial charge in [-0.05, 0) is 62.3 Å². The summed E-state index contributed by atoms with van der Waals surface area (Å²) in [5.41, 5.74) is 10.3. The molecule has 0 atom stereocenters. The van der Waals surface area contributed by atoms with Crippen molar-refractivity contribution in [2.75, 3.05) is 0 Å². The third kappa shape index (κ3) is 5.85. The average Bonchev–Trinajstić information content (AvgIpc) is 3.27. The highest BCUT2D eigenvalue weighted by atomic mass is 14.8. The molecule has 0 aliphatic heterocycles. The van der Waals surface area contributed by atoms with E-state index in [1.807, 2.05) is 18.2 Å². The van der Waals surface area contributed by atoms with Crippen molar-refractivity contribution in [3.63, 3.8) is 0 Å². The third-order valence-corrected chi connectivity index (χ3v) is 10.8. The number of aromatic nitrogens is 1. The number of fused-ring (bicyclic) bond motifs is 8. The van der Waals surface area contributed by atoms with Gasteiger partial charge in [-0.3, -0.25) is 0 Å². The summed E-state index contributed by atoms with van der Waals surface area (Å²) in [6.07, 6.45) is 5.81. The molecule has 10 aromatic rings. The average molecular weight is 713 g/mol. The zero-order valence-electron chi connectivity index (χ0n) is 30.7. The zero-order chi connectivity index (χ0) is 37.4. The molecule has 0 unspecified atom stereocenters. The summed E-state index contributed by atoms with van der Waals surface area (Å²) in [5, 5.41) is 10.7. The maximum Gasteiger partial charge on any atom is 0.0794 e. The molecule has 0 radical (unpaired) electrons. The number of benzene rings is 9. The zero-order valence-corrected chi connectivity index (χ0v) is 30.7. The SMILES string of the molecule is C=C/C=C\c1ccccc1N=C(c1ccccc1)c1cc(-c2cccc(-c3nc4c5ccccc5ccc4c4c3ccc3ccccc34)c2)c2ccccc2c1. The number of aliphatic imine (C=N–C) groups is 1. The van der Waals surface area contributed by atoms with Crippen LogP contribution in [0.5, 0.6) is 0 Å². The van der Waals surface area contributed by atoms with Gasteiger partial charge in [0.2, 0.25) is 0 Å². The molecular formula is C54H36N2. The standard InChI is InChI=1S/C54H36N2/c1-2-3-16-38-19-10-14-28-50(38)55-52(39-20-5-4-6-21-39)43-34-40-22-9-11-25-44(40)49(35-43)41-23-15-24-42(33-41)53-47-31-29-36-17-7-12-26-45(36)51(47)48-32-30-37-18-8-13-27-46(37)54(48)56-53/h2-35H,1H2/b16-3-,55-52?. The summed E-state index contributed by atoms with van der Waals surface area (Å²) in [5.74, 6) is 0. The van der Waals surface area contributed by atoms with Crippen molar-refractivity contribution in [2.24, 2.45) is 4.99 Å². The number of para-hydroxylation sites is 1. The second-order valence-corrected chi connectivity index (χ2v) is 14.2. The van der Waals surface area contributed by atoms with Gasteiger partial charge in [0.15, 0.2) is 0 Å². The van der Waals surface area contributed by atoms with Crippen molar-refractivity contribution in [1.29, 1.82) is 0 Å². The fourth-order valence-corrected chi connectivity index (χ4v) is 8.16. The Bertz CT molecular complexity index is 3210. The summed E-state index contributed by atoms with van der Waals surface area (Å²) in [6, 6.07) is 67.1. The number of hydrogen-bond donors (Lipinski definition) is 0. The van der Waals surface area contributed by atoms with Gasteiger partial charge < -0.3 is 0 Å². The Hall–Kier alpha value is -7.42. The first-order valence-corrected chi connectivity index (χ1v) is 19.0. The Kier molecular flexibility index (Phi) is 8.35.